The number of halogens is 3. The molecule has 0 aliphatic rings. The fourth-order valence-corrected chi connectivity index (χ4v) is 2.18. The van der Waals surface area contributed by atoms with E-state index in [2.05, 4.69) is 30.3 Å². The Balaban J connectivity index is 1.85. The average molecular weight is 392 g/mol. The summed E-state index contributed by atoms with van der Waals surface area (Å²) in [6.45, 7) is 0. The Hall–Kier alpha value is -3.96. The van der Waals surface area contributed by atoms with Crippen LogP contribution in [0, 0.1) is 10.1 Å². The normalized spacial score (nSPS) is 11.0. The maximum Gasteiger partial charge on any atom is 0.573 e. The van der Waals surface area contributed by atoms with Gasteiger partial charge in [-0.15, -0.1) is 13.2 Å². The van der Waals surface area contributed by atoms with E-state index in [4.69, 9.17) is 0 Å². The van der Waals surface area contributed by atoms with Gasteiger partial charge in [0.05, 0.1) is 16.8 Å². The van der Waals surface area contributed by atoms with Crippen LogP contribution in [0.5, 0.6) is 5.75 Å². The average Bonchev–Trinajstić information content (AvgIpc) is 2.63. The third kappa shape index (κ3) is 4.81. The summed E-state index contributed by atoms with van der Waals surface area (Å²) < 4.78 is 40.4. The zero-order chi connectivity index (χ0) is 20.1. The molecule has 28 heavy (non-hydrogen) atoms. The number of anilines is 4. The fourth-order valence-electron chi connectivity index (χ4n) is 2.18. The van der Waals surface area contributed by atoms with Crippen LogP contribution in [0.2, 0.25) is 0 Å². The first kappa shape index (κ1) is 18.8. The van der Waals surface area contributed by atoms with Gasteiger partial charge in [0.2, 0.25) is 11.6 Å². The highest BCUT2D eigenvalue weighted by molar-refractivity contribution is 5.76. The molecule has 0 aliphatic carbocycles. The van der Waals surface area contributed by atoms with E-state index in [1.807, 2.05) is 0 Å². The zero-order valence-corrected chi connectivity index (χ0v) is 13.8. The molecule has 12 heteroatoms. The molecule has 0 atom stereocenters. The number of nitrogens with zero attached hydrogens (tertiary/aromatic N) is 4. The minimum Gasteiger partial charge on any atom is -0.406 e. The highest BCUT2D eigenvalue weighted by atomic mass is 19.4. The lowest BCUT2D eigenvalue weighted by Gasteiger charge is -2.11. The van der Waals surface area contributed by atoms with Gasteiger partial charge in [-0.05, 0) is 36.4 Å². The highest BCUT2D eigenvalue weighted by Crippen LogP contribution is 2.33. The molecule has 2 heterocycles. The second-order valence-corrected chi connectivity index (χ2v) is 5.24. The van der Waals surface area contributed by atoms with Crippen molar-refractivity contribution in [3.63, 3.8) is 0 Å². The maximum atomic E-state index is 12.2. The molecule has 144 valence electrons. The van der Waals surface area contributed by atoms with E-state index < -0.39 is 22.7 Å². The number of benzene rings is 1. The van der Waals surface area contributed by atoms with Crippen LogP contribution in [-0.2, 0) is 0 Å². The predicted molar refractivity (Wildman–Crippen MR) is 92.6 cm³/mol. The smallest absolute Gasteiger partial charge is 0.406 e. The summed E-state index contributed by atoms with van der Waals surface area (Å²) in [5.74, 6) is -0.641. The van der Waals surface area contributed by atoms with E-state index in [0.717, 1.165) is 18.5 Å². The highest BCUT2D eigenvalue weighted by Gasteiger charge is 2.31. The number of hydrogen-bond acceptors (Lipinski definition) is 8. The third-order valence-electron chi connectivity index (χ3n) is 3.28. The van der Waals surface area contributed by atoms with E-state index >= 15 is 0 Å². The Morgan fingerprint density at radius 3 is 2.18 bits per heavy atom. The molecule has 9 nitrogen and oxygen atoms in total. The van der Waals surface area contributed by atoms with Gasteiger partial charge in [0.25, 0.3) is 0 Å². The molecule has 0 bridgehead atoms. The SMILES string of the molecule is O=[N+]([O-])c1c(Nc2ccc(OC(F)(F)F)cc2)ncnc1Nc1cccnc1. The molecule has 0 fully saturated rings. The zero-order valence-electron chi connectivity index (χ0n) is 13.8. The molecule has 0 amide bonds. The maximum absolute atomic E-state index is 12.2. The van der Waals surface area contributed by atoms with Crippen LogP contribution in [0.25, 0.3) is 0 Å². The van der Waals surface area contributed by atoms with Crippen LogP contribution in [-0.4, -0.2) is 26.2 Å². The van der Waals surface area contributed by atoms with Crippen molar-refractivity contribution in [1.29, 1.82) is 0 Å². The van der Waals surface area contributed by atoms with E-state index in [9.17, 15) is 23.3 Å². The van der Waals surface area contributed by atoms with Gasteiger partial charge in [0.1, 0.15) is 12.1 Å². The molecule has 0 radical (unpaired) electrons. The number of pyridine rings is 1. The lowest BCUT2D eigenvalue weighted by Crippen LogP contribution is -2.17. The first-order valence-corrected chi connectivity index (χ1v) is 7.61. The summed E-state index contributed by atoms with van der Waals surface area (Å²) in [4.78, 5) is 22.5. The van der Waals surface area contributed by atoms with E-state index in [-0.39, 0.29) is 17.3 Å². The van der Waals surface area contributed by atoms with Gasteiger partial charge in [-0.2, -0.15) is 0 Å². The largest absolute Gasteiger partial charge is 0.573 e. The Bertz CT molecular complexity index is 968. The Morgan fingerprint density at radius 2 is 1.64 bits per heavy atom. The molecule has 2 aromatic heterocycles. The van der Waals surface area contributed by atoms with Gasteiger partial charge >= 0.3 is 12.0 Å². The Kier molecular flexibility index (Phi) is 5.20. The number of aromatic nitrogens is 3. The van der Waals surface area contributed by atoms with Crippen LogP contribution < -0.4 is 15.4 Å². The van der Waals surface area contributed by atoms with Gasteiger partial charge in [-0.1, -0.05) is 0 Å². The molecule has 0 saturated carbocycles. The van der Waals surface area contributed by atoms with Gasteiger partial charge in [-0.3, -0.25) is 15.1 Å². The molecule has 2 N–H and O–H groups in total. The summed E-state index contributed by atoms with van der Waals surface area (Å²) >= 11 is 0. The second kappa shape index (κ2) is 7.73. The summed E-state index contributed by atoms with van der Waals surface area (Å²) in [7, 11) is 0. The minimum atomic E-state index is -4.81. The number of ether oxygens (including phenoxy) is 1. The molecule has 3 aromatic rings. The van der Waals surface area contributed by atoms with Crippen LogP contribution >= 0.6 is 0 Å². The number of hydrogen-bond donors (Lipinski definition) is 2. The number of nitrogens with one attached hydrogen (secondary N) is 2. The predicted octanol–water partition coefficient (Wildman–Crippen LogP) is 4.17. The summed E-state index contributed by atoms with van der Waals surface area (Å²) in [6, 6.07) is 7.95. The molecule has 0 unspecified atom stereocenters. The molecule has 0 aliphatic heterocycles. The van der Waals surface area contributed by atoms with Gasteiger partial charge in [0, 0.05) is 11.9 Å². The van der Waals surface area contributed by atoms with Crippen molar-refractivity contribution < 1.29 is 22.8 Å². The van der Waals surface area contributed by atoms with Crippen LogP contribution in [0.4, 0.5) is 41.9 Å². The summed E-state index contributed by atoms with van der Waals surface area (Å²) in [6.07, 6.45) is -0.709. The lowest BCUT2D eigenvalue weighted by molar-refractivity contribution is -0.383. The molecule has 3 rings (SSSR count). The van der Waals surface area contributed by atoms with Gasteiger partial charge < -0.3 is 15.4 Å². The molecular weight excluding hydrogens is 381 g/mol. The molecule has 0 saturated heterocycles. The molecule has 1 aromatic carbocycles. The molecule has 0 spiro atoms. The van der Waals surface area contributed by atoms with E-state index in [0.29, 0.717) is 5.69 Å². The number of alkyl halides is 3. The minimum absolute atomic E-state index is 0.0764. The number of rotatable bonds is 6. The van der Waals surface area contributed by atoms with E-state index in [1.165, 1.54) is 18.3 Å². The monoisotopic (exact) mass is 392 g/mol. The summed E-state index contributed by atoms with van der Waals surface area (Å²) in [5.41, 5.74) is 0.300. The van der Waals surface area contributed by atoms with Crippen molar-refractivity contribution in [2.75, 3.05) is 10.6 Å². The van der Waals surface area contributed by atoms with Crippen molar-refractivity contribution >= 4 is 28.7 Å². The van der Waals surface area contributed by atoms with Crippen LogP contribution in [0.15, 0.2) is 55.1 Å². The first-order chi connectivity index (χ1) is 13.3. The molecular formula is C16H11F3N6O3. The van der Waals surface area contributed by atoms with Crippen LogP contribution in [0.3, 0.4) is 0 Å². The van der Waals surface area contributed by atoms with Crippen molar-refractivity contribution in [2.24, 2.45) is 0 Å². The topological polar surface area (TPSA) is 115 Å². The van der Waals surface area contributed by atoms with Gasteiger partial charge in [0.15, 0.2) is 0 Å². The van der Waals surface area contributed by atoms with Crippen LogP contribution in [0.1, 0.15) is 0 Å². The lowest BCUT2D eigenvalue weighted by atomic mass is 10.3. The van der Waals surface area contributed by atoms with E-state index in [1.54, 1.807) is 18.3 Å². The first-order valence-electron chi connectivity index (χ1n) is 7.61. The fraction of sp³-hybridized carbons (Fsp3) is 0.0625. The van der Waals surface area contributed by atoms with Crippen molar-refractivity contribution in [3.05, 3.63) is 65.2 Å². The Labute approximate surface area is 155 Å². The third-order valence-corrected chi connectivity index (χ3v) is 3.28. The number of nitro groups is 1. The Morgan fingerprint density at radius 1 is 1.00 bits per heavy atom. The quantitative estimate of drug-likeness (QED) is 0.475. The van der Waals surface area contributed by atoms with Crippen molar-refractivity contribution in [1.82, 2.24) is 15.0 Å². The standard InChI is InChI=1S/C16H11F3N6O3/c17-16(18,19)28-12-5-3-10(4-6-12)23-14-13(25(26)27)15(22-9-21-14)24-11-2-1-7-20-8-11/h1-9H,(H2,21,22,23,24). The van der Waals surface area contributed by atoms with Crippen molar-refractivity contribution in [2.45, 2.75) is 6.36 Å². The van der Waals surface area contributed by atoms with Gasteiger partial charge in [-0.25, -0.2) is 9.97 Å². The van der Waals surface area contributed by atoms with Crippen molar-refractivity contribution in [3.8, 4) is 5.75 Å². The summed E-state index contributed by atoms with van der Waals surface area (Å²) in [5, 5.41) is 17.0. The second-order valence-electron chi connectivity index (χ2n) is 5.24.